The predicted octanol–water partition coefficient (Wildman–Crippen LogP) is 15.4. The van der Waals surface area contributed by atoms with Crippen molar-refractivity contribution in [2.24, 2.45) is 11.8 Å². The van der Waals surface area contributed by atoms with E-state index < -0.39 is 119 Å². The summed E-state index contributed by atoms with van der Waals surface area (Å²) in [4.78, 5) is 0. The first-order valence-corrected chi connectivity index (χ1v) is 65.2. The molecule has 2 aliphatic carbocycles. The summed E-state index contributed by atoms with van der Waals surface area (Å²) in [7, 11) is -17.5. The second-order valence-electron chi connectivity index (χ2n) is 31.3. The molecule has 12 nitrogen and oxygen atoms in total. The van der Waals surface area contributed by atoms with Gasteiger partial charge in [0.2, 0.25) is 0 Å². The molecular weight excluding hydrogens is 1490 g/mol. The van der Waals surface area contributed by atoms with Crippen molar-refractivity contribution in [1.82, 2.24) is 0 Å². The van der Waals surface area contributed by atoms with Crippen LogP contribution < -0.4 is 26.7 Å². The van der Waals surface area contributed by atoms with E-state index in [1.54, 1.807) is 0 Å². The predicted molar refractivity (Wildman–Crippen MR) is 393 cm³/mol. The molecule has 29 heteroatoms. The molecule has 2 saturated heterocycles. The molecule has 9 atom stereocenters. The zero-order valence-electron chi connectivity index (χ0n) is 62.0. The maximum Gasteiger partial charge on any atom is 0.200 e. The van der Waals surface area contributed by atoms with Crippen molar-refractivity contribution in [2.75, 3.05) is 19.8 Å². The van der Waals surface area contributed by atoms with Crippen LogP contribution in [0.5, 0.6) is 0 Å². The molecular formula is C65H120BF5IO12Si10-. The fraction of sp³-hybridized carbons (Fsp3) is 0.723. The van der Waals surface area contributed by atoms with Crippen molar-refractivity contribution in [1.29, 1.82) is 0 Å². The van der Waals surface area contributed by atoms with Crippen LogP contribution in [0.4, 0.5) is 22.0 Å². The van der Waals surface area contributed by atoms with Crippen LogP contribution in [-0.2, 0) is 51.6 Å². The van der Waals surface area contributed by atoms with Crippen LogP contribution in [0, 0.1) is 55.0 Å². The van der Waals surface area contributed by atoms with Gasteiger partial charge in [0.1, 0.15) is 7.85 Å². The topological polar surface area (TPSA) is 117 Å². The van der Waals surface area contributed by atoms with Crippen molar-refractivity contribution in [2.45, 2.75) is 272 Å². The Labute approximate surface area is 587 Å². The van der Waals surface area contributed by atoms with Crippen molar-refractivity contribution < 1.29 is 94.7 Å². The molecule has 538 valence electrons. The molecule has 9 unspecified atom stereocenters. The third kappa shape index (κ3) is 31.6. The number of epoxide rings is 2. The first-order chi connectivity index (χ1) is 43.0. The molecule has 3 aromatic carbocycles. The van der Waals surface area contributed by atoms with E-state index in [0.29, 0.717) is 62.1 Å². The molecule has 0 spiro atoms. The number of hydrogen-bond acceptors (Lipinski definition) is 12. The summed E-state index contributed by atoms with van der Waals surface area (Å²) in [5.41, 5.74) is 1.40. The monoisotopic (exact) mass is 1610 g/mol. The summed E-state index contributed by atoms with van der Waals surface area (Å²) < 4.78 is 142. The van der Waals surface area contributed by atoms with Crippen molar-refractivity contribution in [3.05, 3.63) is 95.9 Å². The van der Waals surface area contributed by atoms with E-state index in [2.05, 4.69) is 202 Å². The Balaban J connectivity index is 0.000000294. The molecule has 94 heavy (non-hydrogen) atoms. The summed E-state index contributed by atoms with van der Waals surface area (Å²) >= 11 is -0.0167. The van der Waals surface area contributed by atoms with Gasteiger partial charge in [0.05, 0.1) is 24.4 Å². The molecule has 0 aromatic heterocycles. The molecule has 0 amide bonds. The van der Waals surface area contributed by atoms with E-state index in [-0.39, 0.29) is 21.2 Å². The smallest absolute Gasteiger partial charge is 0.200 e. The number of rotatable bonds is 32. The van der Waals surface area contributed by atoms with Crippen LogP contribution in [-0.4, -0.2) is 137 Å². The van der Waals surface area contributed by atoms with E-state index in [1.807, 2.05) is 20.8 Å². The minimum atomic E-state index is -2.84. The van der Waals surface area contributed by atoms with Gasteiger partial charge in [-0.05, 0) is 232 Å². The van der Waals surface area contributed by atoms with Crippen LogP contribution in [0.2, 0.25) is 149 Å². The molecule has 7 rings (SSSR count). The number of aryl methyl sites for hydroxylation is 1. The van der Waals surface area contributed by atoms with Gasteiger partial charge in [-0.2, -0.15) is 0 Å². The molecule has 0 bridgehead atoms. The molecule has 3 aromatic rings. The van der Waals surface area contributed by atoms with Gasteiger partial charge in [0, 0.05) is 25.9 Å². The largest absolute Gasteiger partial charge is 0.204 e. The van der Waals surface area contributed by atoms with E-state index in [9.17, 15) is 22.0 Å². The molecule has 2 aliphatic heterocycles. The number of fused-ring (bicyclic) bond motifs is 2. The molecule has 2 radical (unpaired) electrons. The normalized spacial score (nSPS) is 22.0. The van der Waals surface area contributed by atoms with Gasteiger partial charge in [0.15, 0.2) is 62.4 Å². The van der Waals surface area contributed by atoms with E-state index in [1.165, 1.54) is 63.2 Å². The van der Waals surface area contributed by atoms with Gasteiger partial charge in [-0.25, -0.2) is 22.0 Å². The van der Waals surface area contributed by atoms with Gasteiger partial charge < -0.3 is 51.6 Å². The SMILES string of the molecule is CCO[Si](CC[Si](C)(O[Si](C)(C)C)O[Si](C)(CCC1CCC2OC2C1)O[Si](C)(C)O[Si](C)(C)C)(OCC)OCC.C[Si](C)(C)O[Si](C)(C)O[Si](C)(CCC1CCC2OC2C1)O[Si](C)(C)C.Cc1ccc([I-]c2ccc(C(C)C)cc2)cc1.[B]c1c(F)c(F)c(F)c(F)c1F. The van der Waals surface area contributed by atoms with Crippen LogP contribution >= 0.6 is 0 Å². The van der Waals surface area contributed by atoms with Crippen molar-refractivity contribution in [3.63, 3.8) is 0 Å². The second kappa shape index (κ2) is 36.3. The summed E-state index contributed by atoms with van der Waals surface area (Å²) in [5.74, 6) is -8.21. The summed E-state index contributed by atoms with van der Waals surface area (Å²) in [5, 5.41) is 0. The molecule has 2 heterocycles. The molecule has 4 aliphatic rings. The molecule has 4 fully saturated rings. The maximum absolute atomic E-state index is 12.3. The summed E-state index contributed by atoms with van der Waals surface area (Å²) in [6, 6.07) is 21.6. The Kier molecular flexibility index (Phi) is 33.3. The average Bonchev–Trinajstić information content (AvgIpc) is 0.974. The van der Waals surface area contributed by atoms with Gasteiger partial charge in [-0.15, -0.1) is 0 Å². The zero-order chi connectivity index (χ0) is 71.3. The minimum Gasteiger partial charge on any atom is -0.204 e. The number of benzene rings is 3. The van der Waals surface area contributed by atoms with E-state index in [4.69, 9.17) is 51.6 Å². The minimum absolute atomic E-state index is 0.0167. The van der Waals surface area contributed by atoms with E-state index >= 15 is 0 Å². The first kappa shape index (κ1) is 86.2. The van der Waals surface area contributed by atoms with Gasteiger partial charge in [0.25, 0.3) is 0 Å². The molecule has 2 saturated carbocycles. The summed E-state index contributed by atoms with van der Waals surface area (Å²) in [6.45, 7) is 57.0. The third-order valence-corrected chi connectivity index (χ3v) is 53.5. The zero-order valence-corrected chi connectivity index (χ0v) is 74.2. The molecule has 0 N–H and O–H groups in total. The Morgan fingerprint density at radius 3 is 1.12 bits per heavy atom. The van der Waals surface area contributed by atoms with Gasteiger partial charge in [-0.3, -0.25) is 0 Å². The standard InChI is InChI=1S/C26H62O8Si6.C17H40O4Si4.C16H18I.C6BF5/c1-14-27-40(28-15-2,29-16-3)22-21-39(13,32-36(7,8)9)34-38(12,33-37(10,11)31-35(4,5)6)20-19-24-17-18-25-26(23-24)30-25;1-22(2,3)19-24(7,8)21-25(9,20-23(4,5)6)13-12-15-10-11-16-17(14-15)18-16;1-12(2)14-6-10-16(11-7-14)17-15-8-4-13(3)5-9-15;7-1-2(8)4(10)6(12)5(11)3(1)9/h24-26H,14-23H2,1-13H3;15-17H,10-14H2,1-9H3;4-12H,1-3H3;/q;;-1;. The van der Waals surface area contributed by atoms with Crippen molar-refractivity contribution >= 4 is 98.2 Å². The fourth-order valence-corrected chi connectivity index (χ4v) is 61.1. The van der Waals surface area contributed by atoms with Crippen LogP contribution in [0.3, 0.4) is 0 Å². The second-order valence-corrected chi connectivity index (χ2v) is 73.6. The van der Waals surface area contributed by atoms with Gasteiger partial charge in [-0.1, -0.05) is 0 Å². The van der Waals surface area contributed by atoms with Crippen LogP contribution in [0.25, 0.3) is 0 Å². The Morgan fingerprint density at radius 2 is 0.777 bits per heavy atom. The number of hydrogen-bond donors (Lipinski definition) is 0. The Hall–Kier alpha value is -0.206. The summed E-state index contributed by atoms with van der Waals surface area (Å²) in [6.07, 6.45) is 11.9. The van der Waals surface area contributed by atoms with Crippen LogP contribution in [0.15, 0.2) is 48.5 Å². The third-order valence-electron chi connectivity index (χ3n) is 15.7. The van der Waals surface area contributed by atoms with Crippen LogP contribution in [0.1, 0.15) is 103 Å². The quantitative estimate of drug-likeness (QED) is 0.0148. The van der Waals surface area contributed by atoms with Gasteiger partial charge >= 0.3 is 166 Å². The Bertz CT molecular complexity index is 2680. The van der Waals surface area contributed by atoms with E-state index in [0.717, 1.165) is 30.5 Å². The van der Waals surface area contributed by atoms with Crippen molar-refractivity contribution in [3.8, 4) is 0 Å². The fourth-order valence-electron chi connectivity index (χ4n) is 12.7. The number of ether oxygens (including phenoxy) is 2. The number of halogens is 6. The average molecular weight is 1610 g/mol. The Morgan fingerprint density at radius 1 is 0.436 bits per heavy atom. The maximum atomic E-state index is 12.3. The first-order valence-electron chi connectivity index (χ1n) is 34.3.